The molecule has 35 heavy (non-hydrogen) atoms. The van der Waals surface area contributed by atoms with Crippen molar-refractivity contribution in [1.82, 2.24) is 9.69 Å². The normalized spacial score (nSPS) is 11.8. The van der Waals surface area contributed by atoms with Crippen LogP contribution in [-0.2, 0) is 4.79 Å². The number of nitrogens with two attached hydrogens (primary N) is 2. The van der Waals surface area contributed by atoms with Crippen molar-refractivity contribution >= 4 is 52.2 Å². The highest BCUT2D eigenvalue weighted by Crippen LogP contribution is 2.33. The Hall–Kier alpha value is -3.43. The predicted molar refractivity (Wildman–Crippen MR) is 140 cm³/mol. The summed E-state index contributed by atoms with van der Waals surface area (Å²) in [6.45, 7) is 6.52. The zero-order valence-corrected chi connectivity index (χ0v) is 21.3. The van der Waals surface area contributed by atoms with E-state index in [-0.39, 0.29) is 22.2 Å². The fraction of sp³-hybridized carbons (Fsp3) is 0.280. The van der Waals surface area contributed by atoms with Crippen molar-refractivity contribution in [2.75, 3.05) is 17.2 Å². The third kappa shape index (κ3) is 6.17. The topological polar surface area (TPSA) is 131 Å². The van der Waals surface area contributed by atoms with Crippen LogP contribution in [0.4, 0.5) is 11.4 Å². The maximum Gasteiger partial charge on any atom is 0.273 e. The van der Waals surface area contributed by atoms with E-state index in [1.54, 1.807) is 24.3 Å². The monoisotopic (exact) mass is 513 g/mol. The number of primary amides is 1. The van der Waals surface area contributed by atoms with E-state index in [1.807, 2.05) is 31.2 Å². The summed E-state index contributed by atoms with van der Waals surface area (Å²) in [7, 11) is 0. The number of nitrogen functional groups attached to an aromatic ring is 1. The lowest BCUT2D eigenvalue weighted by Crippen LogP contribution is -2.44. The van der Waals surface area contributed by atoms with Gasteiger partial charge in [-0.15, -0.1) is 0 Å². The molecule has 0 bridgehead atoms. The third-order valence-corrected chi connectivity index (χ3v) is 6.50. The van der Waals surface area contributed by atoms with E-state index >= 15 is 0 Å². The standard InChI is InChI=1S/C25H28ClN5O3S/c1-14(2)12-13-29-24(33)21(16-6-4-15(3)5-7-16)31(18-10-8-17(26)9-11-18)25(34)22-19(27)20(23(28)32)30-35-22/h4-11,14,21H,12-13,27H2,1-3H3,(H2,28,32)(H,29,33)/t21-/m1/s1. The highest BCUT2D eigenvalue weighted by molar-refractivity contribution is 7.09. The largest absolute Gasteiger partial charge is 0.395 e. The lowest BCUT2D eigenvalue weighted by molar-refractivity contribution is -0.122. The van der Waals surface area contributed by atoms with Crippen molar-refractivity contribution in [3.8, 4) is 0 Å². The average Bonchev–Trinajstić information content (AvgIpc) is 3.20. The summed E-state index contributed by atoms with van der Waals surface area (Å²) >= 11 is 6.85. The van der Waals surface area contributed by atoms with Gasteiger partial charge in [0.25, 0.3) is 11.8 Å². The van der Waals surface area contributed by atoms with Crippen molar-refractivity contribution < 1.29 is 14.4 Å². The van der Waals surface area contributed by atoms with Gasteiger partial charge >= 0.3 is 0 Å². The van der Waals surface area contributed by atoms with Gasteiger partial charge in [0, 0.05) is 17.3 Å². The zero-order valence-electron chi connectivity index (χ0n) is 19.7. The molecule has 0 spiro atoms. The van der Waals surface area contributed by atoms with Crippen LogP contribution in [0, 0.1) is 12.8 Å². The molecule has 10 heteroatoms. The maximum atomic E-state index is 13.9. The van der Waals surface area contributed by atoms with Gasteiger partial charge in [0.05, 0.1) is 5.69 Å². The lowest BCUT2D eigenvalue weighted by Gasteiger charge is -2.31. The second-order valence-corrected chi connectivity index (χ2v) is 9.79. The summed E-state index contributed by atoms with van der Waals surface area (Å²) in [4.78, 5) is 40.5. The van der Waals surface area contributed by atoms with Gasteiger partial charge in [-0.2, -0.15) is 4.37 Å². The van der Waals surface area contributed by atoms with Crippen LogP contribution in [0.15, 0.2) is 48.5 Å². The number of aromatic nitrogens is 1. The molecule has 184 valence electrons. The van der Waals surface area contributed by atoms with Gasteiger partial charge in [-0.05, 0) is 60.6 Å². The van der Waals surface area contributed by atoms with Crippen LogP contribution in [-0.4, -0.2) is 28.6 Å². The first-order valence-electron chi connectivity index (χ1n) is 11.1. The number of carbonyl (C=O) groups is 3. The minimum atomic E-state index is -1.02. The maximum absolute atomic E-state index is 13.9. The molecule has 1 heterocycles. The molecule has 3 aromatic rings. The molecule has 0 saturated carbocycles. The quantitative estimate of drug-likeness (QED) is 0.391. The van der Waals surface area contributed by atoms with Crippen LogP contribution in [0.3, 0.4) is 0 Å². The van der Waals surface area contributed by atoms with Crippen molar-refractivity contribution in [2.45, 2.75) is 33.2 Å². The minimum Gasteiger partial charge on any atom is -0.395 e. The van der Waals surface area contributed by atoms with Crippen molar-refractivity contribution in [2.24, 2.45) is 11.7 Å². The van der Waals surface area contributed by atoms with Gasteiger partial charge in [0.2, 0.25) is 5.91 Å². The van der Waals surface area contributed by atoms with E-state index in [9.17, 15) is 14.4 Å². The van der Waals surface area contributed by atoms with Gasteiger partial charge in [-0.1, -0.05) is 55.3 Å². The summed E-state index contributed by atoms with van der Waals surface area (Å²) in [5.74, 6) is -1.38. The fourth-order valence-electron chi connectivity index (χ4n) is 3.47. The van der Waals surface area contributed by atoms with Gasteiger partial charge in [-0.25, -0.2) is 0 Å². The molecule has 0 aliphatic heterocycles. The highest BCUT2D eigenvalue weighted by atomic mass is 35.5. The molecule has 0 unspecified atom stereocenters. The third-order valence-electron chi connectivity index (χ3n) is 5.40. The van der Waals surface area contributed by atoms with E-state index < -0.39 is 17.9 Å². The molecule has 5 N–H and O–H groups in total. The molecule has 0 aliphatic carbocycles. The molecule has 3 rings (SSSR count). The van der Waals surface area contributed by atoms with E-state index in [0.717, 1.165) is 23.5 Å². The molecule has 0 saturated heterocycles. The van der Waals surface area contributed by atoms with E-state index in [2.05, 4.69) is 23.5 Å². The second-order valence-electron chi connectivity index (χ2n) is 8.58. The van der Waals surface area contributed by atoms with Crippen molar-refractivity contribution in [3.63, 3.8) is 0 Å². The van der Waals surface area contributed by atoms with Gasteiger partial charge < -0.3 is 16.8 Å². The number of halogens is 1. The molecular weight excluding hydrogens is 486 g/mol. The molecule has 0 radical (unpaired) electrons. The van der Waals surface area contributed by atoms with E-state index in [0.29, 0.717) is 28.7 Å². The number of hydrogen-bond acceptors (Lipinski definition) is 6. The van der Waals surface area contributed by atoms with Crippen molar-refractivity contribution in [3.05, 3.63) is 75.3 Å². The number of rotatable bonds is 9. The second kappa shape index (κ2) is 11.3. The number of anilines is 2. The van der Waals surface area contributed by atoms with Crippen LogP contribution >= 0.6 is 23.1 Å². The smallest absolute Gasteiger partial charge is 0.273 e. The number of nitrogens with zero attached hydrogens (tertiary/aromatic N) is 2. The van der Waals surface area contributed by atoms with Crippen LogP contribution in [0.5, 0.6) is 0 Å². The molecule has 8 nitrogen and oxygen atoms in total. The molecule has 1 aromatic heterocycles. The van der Waals surface area contributed by atoms with Gasteiger partial charge in [-0.3, -0.25) is 19.3 Å². The number of nitrogens with one attached hydrogen (secondary N) is 1. The highest BCUT2D eigenvalue weighted by Gasteiger charge is 2.36. The molecule has 0 aliphatic rings. The Morgan fingerprint density at radius 1 is 1.09 bits per heavy atom. The lowest BCUT2D eigenvalue weighted by atomic mass is 10.0. The van der Waals surface area contributed by atoms with Crippen LogP contribution in [0.1, 0.15) is 57.6 Å². The van der Waals surface area contributed by atoms with Crippen LogP contribution in [0.25, 0.3) is 0 Å². The summed E-state index contributed by atoms with van der Waals surface area (Å²) < 4.78 is 3.96. The number of hydrogen-bond donors (Lipinski definition) is 3. The Morgan fingerprint density at radius 3 is 2.26 bits per heavy atom. The van der Waals surface area contributed by atoms with Crippen molar-refractivity contribution in [1.29, 1.82) is 0 Å². The van der Waals surface area contributed by atoms with Gasteiger partial charge in [0.1, 0.15) is 10.9 Å². The van der Waals surface area contributed by atoms with E-state index in [1.165, 1.54) is 4.90 Å². The fourth-order valence-corrected chi connectivity index (χ4v) is 4.34. The van der Waals surface area contributed by atoms with Gasteiger partial charge in [0.15, 0.2) is 5.69 Å². The molecule has 1 atom stereocenters. The minimum absolute atomic E-state index is 0.0147. The molecule has 0 fully saturated rings. The Kier molecular flexibility index (Phi) is 8.48. The first-order chi connectivity index (χ1) is 16.6. The first-order valence-corrected chi connectivity index (χ1v) is 12.2. The van der Waals surface area contributed by atoms with Crippen LogP contribution < -0.4 is 21.7 Å². The molecule has 3 amide bonds. The SMILES string of the molecule is Cc1ccc([C@H](C(=O)NCCC(C)C)N(C(=O)c2snc(C(N)=O)c2N)c2ccc(Cl)cc2)cc1. The Bertz CT molecular complexity index is 1210. The summed E-state index contributed by atoms with van der Waals surface area (Å²) in [6, 6.07) is 12.9. The summed E-state index contributed by atoms with van der Waals surface area (Å²) in [5.41, 5.74) is 13.2. The molecule has 2 aromatic carbocycles. The number of benzene rings is 2. The zero-order chi connectivity index (χ0) is 25.7. The number of aryl methyl sites for hydroxylation is 1. The Labute approximate surface area is 213 Å². The summed E-state index contributed by atoms with van der Waals surface area (Å²) in [5, 5.41) is 3.43. The molecular formula is C25H28ClN5O3S. The number of carbonyl (C=O) groups excluding carboxylic acids is 3. The van der Waals surface area contributed by atoms with Crippen LogP contribution in [0.2, 0.25) is 5.02 Å². The number of amides is 3. The van der Waals surface area contributed by atoms with E-state index in [4.69, 9.17) is 23.1 Å². The average molecular weight is 514 g/mol. The Morgan fingerprint density at radius 2 is 1.71 bits per heavy atom. The summed E-state index contributed by atoms with van der Waals surface area (Å²) in [6.07, 6.45) is 0.783. The first kappa shape index (κ1) is 26.2. The predicted octanol–water partition coefficient (Wildman–Crippen LogP) is 4.34. The Balaban J connectivity index is 2.14.